The van der Waals surface area contributed by atoms with Crippen molar-refractivity contribution in [1.82, 2.24) is 14.6 Å². The fourth-order valence-electron chi connectivity index (χ4n) is 2.98. The molecule has 0 atom stereocenters. The third-order valence-corrected chi connectivity index (χ3v) is 4.62. The van der Waals surface area contributed by atoms with E-state index in [0.29, 0.717) is 44.2 Å². The molecule has 1 aromatic heterocycles. The van der Waals surface area contributed by atoms with Gasteiger partial charge in [-0.25, -0.2) is 4.79 Å². The number of hydrazone groups is 1. The molecule has 10 nitrogen and oxygen atoms in total. The summed E-state index contributed by atoms with van der Waals surface area (Å²) in [5, 5.41) is 16.5. The number of aromatic amines is 1. The van der Waals surface area contributed by atoms with Crippen LogP contribution in [0.25, 0.3) is 0 Å². The van der Waals surface area contributed by atoms with Crippen LogP contribution in [-0.4, -0.2) is 66.4 Å². The summed E-state index contributed by atoms with van der Waals surface area (Å²) in [5.41, 5.74) is -0.560. The van der Waals surface area contributed by atoms with E-state index in [9.17, 15) is 14.7 Å². The molecule has 3 rings (SSSR count). The van der Waals surface area contributed by atoms with E-state index in [2.05, 4.69) is 10.1 Å². The number of morpholine rings is 1. The van der Waals surface area contributed by atoms with Crippen molar-refractivity contribution in [2.75, 3.05) is 40.5 Å². The van der Waals surface area contributed by atoms with Crippen LogP contribution in [0.1, 0.15) is 11.1 Å². The molecule has 1 aromatic carbocycles. The Labute approximate surface area is 166 Å². The van der Waals surface area contributed by atoms with Gasteiger partial charge in [-0.3, -0.25) is 19.4 Å². The number of benzene rings is 1. The molecule has 156 valence electrons. The maximum Gasteiger partial charge on any atom is 0.331 e. The first-order valence-corrected chi connectivity index (χ1v) is 9.17. The van der Waals surface area contributed by atoms with Crippen molar-refractivity contribution >= 4 is 6.21 Å². The standard InChI is InChI=1S/C19H24N4O6/c1-27-15-4-3-13(11-16(15)28-2)5-6-23-18(25)14(17(24)21-19(23)26)12-20-22-7-9-29-10-8-22/h3-4,11-12,25H,5-10H2,1-2H3,(H,21,24,26)/b20-12+. The van der Waals surface area contributed by atoms with Crippen molar-refractivity contribution in [1.29, 1.82) is 0 Å². The molecular weight excluding hydrogens is 380 g/mol. The second-order valence-electron chi connectivity index (χ2n) is 6.40. The molecule has 0 unspecified atom stereocenters. The fraction of sp³-hybridized carbons (Fsp3) is 0.421. The molecule has 0 spiro atoms. The third kappa shape index (κ3) is 4.77. The number of hydrogen-bond acceptors (Lipinski definition) is 8. The molecule has 1 aliphatic heterocycles. The Bertz CT molecular complexity index is 991. The number of nitrogens with zero attached hydrogens (tertiary/aromatic N) is 3. The van der Waals surface area contributed by atoms with Crippen molar-refractivity contribution < 1.29 is 19.3 Å². The molecule has 2 heterocycles. The van der Waals surface area contributed by atoms with Crippen LogP contribution in [0.5, 0.6) is 17.4 Å². The maximum atomic E-state index is 12.2. The van der Waals surface area contributed by atoms with Crippen LogP contribution in [0, 0.1) is 0 Å². The van der Waals surface area contributed by atoms with E-state index in [-0.39, 0.29) is 12.1 Å². The zero-order valence-electron chi connectivity index (χ0n) is 16.4. The zero-order chi connectivity index (χ0) is 20.8. The van der Waals surface area contributed by atoms with Crippen molar-refractivity contribution in [2.24, 2.45) is 5.10 Å². The Morgan fingerprint density at radius 2 is 1.93 bits per heavy atom. The lowest BCUT2D eigenvalue weighted by atomic mass is 10.1. The Balaban J connectivity index is 1.81. The molecular formula is C19H24N4O6. The van der Waals surface area contributed by atoms with E-state index < -0.39 is 17.1 Å². The van der Waals surface area contributed by atoms with Gasteiger partial charge < -0.3 is 19.3 Å². The first-order chi connectivity index (χ1) is 14.0. The van der Waals surface area contributed by atoms with Gasteiger partial charge in [-0.05, 0) is 24.1 Å². The molecule has 2 N–H and O–H groups in total. The lowest BCUT2D eigenvalue weighted by Gasteiger charge is -2.23. The number of methoxy groups -OCH3 is 2. The SMILES string of the molecule is COc1ccc(CCn2c(O)c(/C=N/N3CCOCC3)c(=O)[nH]c2=O)cc1OC. The van der Waals surface area contributed by atoms with Crippen molar-refractivity contribution in [2.45, 2.75) is 13.0 Å². The largest absolute Gasteiger partial charge is 0.494 e. The number of aromatic nitrogens is 2. The summed E-state index contributed by atoms with van der Waals surface area (Å²) in [6.45, 7) is 2.44. The highest BCUT2D eigenvalue weighted by Gasteiger charge is 2.14. The average Bonchev–Trinajstić information content (AvgIpc) is 2.73. The van der Waals surface area contributed by atoms with Crippen LogP contribution in [-0.2, 0) is 17.7 Å². The van der Waals surface area contributed by atoms with Gasteiger partial charge in [-0.2, -0.15) is 5.10 Å². The molecule has 1 fully saturated rings. The Hall–Kier alpha value is -3.27. The van der Waals surface area contributed by atoms with Gasteiger partial charge in [0.1, 0.15) is 5.56 Å². The first kappa shape index (κ1) is 20.5. The molecule has 0 amide bonds. The minimum atomic E-state index is -0.688. The van der Waals surface area contributed by atoms with Gasteiger partial charge in [0.25, 0.3) is 5.56 Å². The first-order valence-electron chi connectivity index (χ1n) is 9.17. The Kier molecular flexibility index (Phi) is 6.55. The van der Waals surface area contributed by atoms with Crippen molar-refractivity contribution in [3.8, 4) is 17.4 Å². The molecule has 0 aliphatic carbocycles. The minimum Gasteiger partial charge on any atom is -0.494 e. The number of rotatable bonds is 7. The molecule has 0 bridgehead atoms. The quantitative estimate of drug-likeness (QED) is 0.632. The zero-order valence-corrected chi connectivity index (χ0v) is 16.4. The molecule has 0 saturated carbocycles. The molecule has 0 radical (unpaired) electrons. The minimum absolute atomic E-state index is 0.0663. The van der Waals surface area contributed by atoms with Crippen LogP contribution in [0.2, 0.25) is 0 Å². The van der Waals surface area contributed by atoms with Crippen molar-refractivity contribution in [3.05, 3.63) is 50.2 Å². The fourth-order valence-corrected chi connectivity index (χ4v) is 2.98. The number of nitrogens with one attached hydrogen (secondary N) is 1. The number of aryl methyl sites for hydroxylation is 1. The summed E-state index contributed by atoms with van der Waals surface area (Å²) in [6.07, 6.45) is 1.70. The molecule has 1 aliphatic rings. The van der Waals surface area contributed by atoms with Gasteiger partial charge in [-0.1, -0.05) is 6.07 Å². The summed E-state index contributed by atoms with van der Waals surface area (Å²) in [4.78, 5) is 26.5. The average molecular weight is 404 g/mol. The summed E-state index contributed by atoms with van der Waals surface area (Å²) < 4.78 is 16.8. The molecule has 1 saturated heterocycles. The summed E-state index contributed by atoms with van der Waals surface area (Å²) in [5.74, 6) is 0.750. The molecule has 10 heteroatoms. The number of aromatic hydroxyl groups is 1. The van der Waals surface area contributed by atoms with Crippen LogP contribution >= 0.6 is 0 Å². The highest BCUT2D eigenvalue weighted by Crippen LogP contribution is 2.27. The highest BCUT2D eigenvalue weighted by molar-refractivity contribution is 5.81. The summed E-state index contributed by atoms with van der Waals surface area (Å²) in [7, 11) is 3.09. The Morgan fingerprint density at radius 3 is 2.62 bits per heavy atom. The lowest BCUT2D eigenvalue weighted by molar-refractivity contribution is 0.0396. The maximum absolute atomic E-state index is 12.2. The van der Waals surface area contributed by atoms with Gasteiger partial charge in [-0.15, -0.1) is 0 Å². The van der Waals surface area contributed by atoms with E-state index in [1.54, 1.807) is 31.4 Å². The highest BCUT2D eigenvalue weighted by atomic mass is 16.5. The second-order valence-corrected chi connectivity index (χ2v) is 6.40. The Morgan fingerprint density at radius 1 is 1.21 bits per heavy atom. The predicted molar refractivity (Wildman–Crippen MR) is 106 cm³/mol. The van der Waals surface area contributed by atoms with Crippen LogP contribution in [0.4, 0.5) is 0 Å². The van der Waals surface area contributed by atoms with E-state index >= 15 is 0 Å². The topological polar surface area (TPSA) is 118 Å². The normalized spacial score (nSPS) is 14.3. The molecule has 29 heavy (non-hydrogen) atoms. The van der Waals surface area contributed by atoms with E-state index in [4.69, 9.17) is 14.2 Å². The summed E-state index contributed by atoms with van der Waals surface area (Å²) in [6, 6.07) is 5.41. The number of H-pyrrole nitrogens is 1. The van der Waals surface area contributed by atoms with Gasteiger partial charge in [0.2, 0.25) is 5.88 Å². The third-order valence-electron chi connectivity index (χ3n) is 4.62. The monoisotopic (exact) mass is 404 g/mol. The van der Waals surface area contributed by atoms with Gasteiger partial charge >= 0.3 is 5.69 Å². The van der Waals surface area contributed by atoms with Crippen LogP contribution in [0.3, 0.4) is 0 Å². The van der Waals surface area contributed by atoms with Crippen LogP contribution < -0.4 is 20.7 Å². The van der Waals surface area contributed by atoms with Crippen LogP contribution in [0.15, 0.2) is 32.9 Å². The van der Waals surface area contributed by atoms with Gasteiger partial charge in [0.15, 0.2) is 11.5 Å². The van der Waals surface area contributed by atoms with Gasteiger partial charge in [0, 0.05) is 6.54 Å². The second kappa shape index (κ2) is 9.28. The van der Waals surface area contributed by atoms with Crippen molar-refractivity contribution in [3.63, 3.8) is 0 Å². The number of hydrogen-bond donors (Lipinski definition) is 2. The van der Waals surface area contributed by atoms with Gasteiger partial charge in [0.05, 0.1) is 46.7 Å². The van der Waals surface area contributed by atoms with E-state index in [0.717, 1.165) is 10.1 Å². The van der Waals surface area contributed by atoms with E-state index in [1.807, 2.05) is 6.07 Å². The smallest absolute Gasteiger partial charge is 0.331 e. The van der Waals surface area contributed by atoms with E-state index in [1.165, 1.54) is 6.21 Å². The lowest BCUT2D eigenvalue weighted by Crippen LogP contribution is -2.34. The molecule has 2 aromatic rings. The number of ether oxygens (including phenoxy) is 3. The predicted octanol–water partition coefficient (Wildman–Crippen LogP) is 0.168. The summed E-state index contributed by atoms with van der Waals surface area (Å²) >= 11 is 0.